The monoisotopic (exact) mass is 453 g/mol. The maximum absolute atomic E-state index is 13.4. The molecule has 0 fully saturated rings. The number of rotatable bonds is 4. The van der Waals surface area contributed by atoms with E-state index < -0.39 is 5.69 Å². The molecule has 4 rings (SSSR count). The van der Waals surface area contributed by atoms with Gasteiger partial charge in [0.05, 0.1) is 11.2 Å². The summed E-state index contributed by atoms with van der Waals surface area (Å²) in [6.45, 7) is 3.68. The number of likely N-dealkylation sites (N-methyl/N-ethyl adjacent to an activating group) is 1. The molecule has 0 radical (unpaired) electrons. The van der Waals surface area contributed by atoms with Gasteiger partial charge in [-0.05, 0) is 66.8 Å². The minimum Gasteiger partial charge on any atom is -0.314 e. The van der Waals surface area contributed by atoms with Crippen molar-refractivity contribution in [3.8, 4) is 5.69 Å². The maximum Gasteiger partial charge on any atom is 0.336 e. The molecule has 0 atom stereocenters. The lowest BCUT2D eigenvalue weighted by atomic mass is 10.1. The molecule has 0 spiro atoms. The summed E-state index contributed by atoms with van der Waals surface area (Å²) < 4.78 is 2.92. The number of hydrogen-bond acceptors (Lipinski definition) is 4. The van der Waals surface area contributed by atoms with Crippen LogP contribution in [-0.4, -0.2) is 22.1 Å². The SMILES string of the molecule is Cc1ccc(-n2c(=O)c3sccc3n(CC(=O)N(C)c3cccc(Cl)c3)c2=O)cc1C. The van der Waals surface area contributed by atoms with Crippen molar-refractivity contribution in [2.45, 2.75) is 20.4 Å². The van der Waals surface area contributed by atoms with Crippen LogP contribution in [0, 0.1) is 13.8 Å². The Labute approximate surface area is 187 Å². The van der Waals surface area contributed by atoms with Crippen LogP contribution in [0.1, 0.15) is 11.1 Å². The lowest BCUT2D eigenvalue weighted by Gasteiger charge is -2.19. The summed E-state index contributed by atoms with van der Waals surface area (Å²) in [6, 6.07) is 14.0. The van der Waals surface area contributed by atoms with Gasteiger partial charge in [-0.15, -0.1) is 11.3 Å². The Morgan fingerprint density at radius 1 is 1.06 bits per heavy atom. The molecule has 0 N–H and O–H groups in total. The Morgan fingerprint density at radius 3 is 2.55 bits per heavy atom. The highest BCUT2D eigenvalue weighted by Crippen LogP contribution is 2.20. The molecule has 0 bridgehead atoms. The highest BCUT2D eigenvalue weighted by molar-refractivity contribution is 7.17. The van der Waals surface area contributed by atoms with Crippen molar-refractivity contribution in [1.29, 1.82) is 0 Å². The van der Waals surface area contributed by atoms with E-state index in [0.717, 1.165) is 15.7 Å². The van der Waals surface area contributed by atoms with Crippen molar-refractivity contribution < 1.29 is 4.79 Å². The third-order valence-corrected chi connectivity index (χ3v) is 6.49. The molecule has 0 aliphatic heterocycles. The number of hydrogen-bond donors (Lipinski definition) is 0. The van der Waals surface area contributed by atoms with E-state index in [1.807, 2.05) is 26.0 Å². The molecule has 2 heterocycles. The highest BCUT2D eigenvalue weighted by atomic mass is 35.5. The molecule has 0 saturated heterocycles. The fourth-order valence-electron chi connectivity index (χ4n) is 3.40. The second-order valence-electron chi connectivity index (χ2n) is 7.35. The van der Waals surface area contributed by atoms with Gasteiger partial charge in [0.25, 0.3) is 5.56 Å². The van der Waals surface area contributed by atoms with Gasteiger partial charge in [0.15, 0.2) is 0 Å². The third-order valence-electron chi connectivity index (χ3n) is 5.37. The number of aromatic nitrogens is 2. The second kappa shape index (κ2) is 8.17. The molecular weight excluding hydrogens is 434 g/mol. The first-order valence-electron chi connectivity index (χ1n) is 9.60. The van der Waals surface area contributed by atoms with Crippen molar-refractivity contribution in [2.24, 2.45) is 0 Å². The summed E-state index contributed by atoms with van der Waals surface area (Å²) >= 11 is 7.29. The van der Waals surface area contributed by atoms with Gasteiger partial charge in [0.1, 0.15) is 11.2 Å². The standard InChI is InChI=1S/C23H20ClN3O3S/c1-14-7-8-18(11-15(14)2)27-22(29)21-19(9-10-31-21)26(23(27)30)13-20(28)25(3)17-6-4-5-16(24)12-17/h4-12H,13H2,1-3H3. The molecule has 2 aromatic carbocycles. The van der Waals surface area contributed by atoms with E-state index in [0.29, 0.717) is 26.6 Å². The normalized spacial score (nSPS) is 11.1. The van der Waals surface area contributed by atoms with Crippen molar-refractivity contribution in [1.82, 2.24) is 9.13 Å². The zero-order chi connectivity index (χ0) is 22.3. The first-order valence-corrected chi connectivity index (χ1v) is 10.9. The van der Waals surface area contributed by atoms with Crippen LogP contribution in [0.4, 0.5) is 5.69 Å². The van der Waals surface area contributed by atoms with Crippen LogP contribution in [0.25, 0.3) is 15.9 Å². The smallest absolute Gasteiger partial charge is 0.314 e. The largest absolute Gasteiger partial charge is 0.336 e. The number of nitrogens with zero attached hydrogens (tertiary/aromatic N) is 3. The number of amides is 1. The zero-order valence-corrected chi connectivity index (χ0v) is 18.8. The molecule has 2 aromatic heterocycles. The number of aryl methyl sites for hydroxylation is 2. The summed E-state index contributed by atoms with van der Waals surface area (Å²) in [6.07, 6.45) is 0. The fourth-order valence-corrected chi connectivity index (χ4v) is 4.41. The van der Waals surface area contributed by atoms with Crippen molar-refractivity contribution >= 4 is 44.7 Å². The predicted molar refractivity (Wildman–Crippen MR) is 126 cm³/mol. The first-order chi connectivity index (χ1) is 14.8. The van der Waals surface area contributed by atoms with Crippen LogP contribution >= 0.6 is 22.9 Å². The van der Waals surface area contributed by atoms with Gasteiger partial charge in [-0.1, -0.05) is 23.7 Å². The maximum atomic E-state index is 13.4. The Bertz CT molecular complexity index is 1430. The first kappa shape index (κ1) is 21.1. The van der Waals surface area contributed by atoms with Gasteiger partial charge in [-0.3, -0.25) is 14.2 Å². The number of thiophene rings is 1. The summed E-state index contributed by atoms with van der Waals surface area (Å²) in [5.74, 6) is -0.304. The highest BCUT2D eigenvalue weighted by Gasteiger charge is 2.20. The van der Waals surface area contributed by atoms with E-state index in [1.54, 1.807) is 48.8 Å². The molecule has 1 amide bonds. The van der Waals surface area contributed by atoms with Gasteiger partial charge >= 0.3 is 5.69 Å². The van der Waals surface area contributed by atoms with Crippen LogP contribution in [0.2, 0.25) is 5.02 Å². The van der Waals surface area contributed by atoms with E-state index >= 15 is 0 Å². The van der Waals surface area contributed by atoms with Crippen LogP contribution in [-0.2, 0) is 11.3 Å². The molecule has 158 valence electrons. The van der Waals surface area contributed by atoms with Crippen molar-refractivity contribution in [2.75, 3.05) is 11.9 Å². The molecule has 0 saturated carbocycles. The van der Waals surface area contributed by atoms with Crippen LogP contribution in [0.15, 0.2) is 63.5 Å². The average molecular weight is 454 g/mol. The lowest BCUT2D eigenvalue weighted by molar-refractivity contribution is -0.118. The van der Waals surface area contributed by atoms with E-state index in [2.05, 4.69) is 0 Å². The predicted octanol–water partition coefficient (Wildman–Crippen LogP) is 4.15. The second-order valence-corrected chi connectivity index (χ2v) is 8.70. The van der Waals surface area contributed by atoms with Gasteiger partial charge in [-0.25, -0.2) is 9.36 Å². The van der Waals surface area contributed by atoms with Crippen molar-refractivity contribution in [3.63, 3.8) is 0 Å². The Hall–Kier alpha value is -3.16. The number of halogens is 1. The van der Waals surface area contributed by atoms with E-state index in [-0.39, 0.29) is 18.0 Å². The number of carbonyl (C=O) groups excluding carboxylic acids is 1. The Kier molecular flexibility index (Phi) is 5.56. The molecule has 31 heavy (non-hydrogen) atoms. The Balaban J connectivity index is 1.84. The number of anilines is 1. The summed E-state index contributed by atoms with van der Waals surface area (Å²) in [5.41, 5.74) is 2.66. The van der Waals surface area contributed by atoms with Crippen molar-refractivity contribution in [3.05, 3.63) is 90.9 Å². The molecule has 6 nitrogen and oxygen atoms in total. The molecular formula is C23H20ClN3O3S. The minimum absolute atomic E-state index is 0.208. The molecule has 4 aromatic rings. The quantitative estimate of drug-likeness (QED) is 0.466. The summed E-state index contributed by atoms with van der Waals surface area (Å²) in [7, 11) is 1.63. The molecule has 0 aliphatic carbocycles. The van der Waals surface area contributed by atoms with E-state index in [9.17, 15) is 14.4 Å². The third kappa shape index (κ3) is 3.82. The van der Waals surface area contributed by atoms with Crippen LogP contribution in [0.3, 0.4) is 0 Å². The minimum atomic E-state index is -0.549. The topological polar surface area (TPSA) is 64.3 Å². The Morgan fingerprint density at radius 2 is 1.84 bits per heavy atom. The fraction of sp³-hybridized carbons (Fsp3) is 0.174. The number of fused-ring (bicyclic) bond motifs is 1. The van der Waals surface area contributed by atoms with E-state index in [1.165, 1.54) is 20.8 Å². The summed E-state index contributed by atoms with van der Waals surface area (Å²) in [4.78, 5) is 40.9. The van der Waals surface area contributed by atoms with Gasteiger partial charge in [0.2, 0.25) is 5.91 Å². The van der Waals surface area contributed by atoms with Crippen LogP contribution < -0.4 is 16.1 Å². The number of benzene rings is 2. The zero-order valence-electron chi connectivity index (χ0n) is 17.3. The molecule has 0 aliphatic rings. The van der Waals surface area contributed by atoms with E-state index in [4.69, 9.17) is 11.6 Å². The summed E-state index contributed by atoms with van der Waals surface area (Å²) in [5, 5.41) is 2.26. The average Bonchev–Trinajstić information content (AvgIpc) is 3.23. The molecule has 8 heteroatoms. The van der Waals surface area contributed by atoms with Gasteiger partial charge in [0, 0.05) is 17.8 Å². The lowest BCUT2D eigenvalue weighted by Crippen LogP contribution is -2.41. The van der Waals surface area contributed by atoms with Crippen LogP contribution in [0.5, 0.6) is 0 Å². The van der Waals surface area contributed by atoms with Gasteiger partial charge < -0.3 is 4.90 Å². The molecule has 0 unspecified atom stereocenters. The number of carbonyl (C=O) groups is 1. The van der Waals surface area contributed by atoms with Gasteiger partial charge in [-0.2, -0.15) is 0 Å².